The molecule has 0 heterocycles. The van der Waals surface area contributed by atoms with Crippen molar-refractivity contribution >= 4 is 15.9 Å². The molecule has 170 valence electrons. The quantitative estimate of drug-likeness (QED) is 0.615. The third kappa shape index (κ3) is 5.77. The normalized spacial score (nSPS) is 12.4. The summed E-state index contributed by atoms with van der Waals surface area (Å²) in [5.74, 6) is 0.866. The van der Waals surface area contributed by atoms with Crippen LogP contribution >= 0.6 is 0 Å². The van der Waals surface area contributed by atoms with Gasteiger partial charge in [0.05, 0.1) is 25.2 Å². The molecule has 0 aliphatic rings. The van der Waals surface area contributed by atoms with Crippen LogP contribution in [-0.2, 0) is 21.2 Å². The molecule has 0 saturated carbocycles. The molecule has 0 aliphatic carbocycles. The Morgan fingerprint density at radius 1 is 0.968 bits per heavy atom. The van der Waals surface area contributed by atoms with Gasteiger partial charge in [0, 0.05) is 6.54 Å². The lowest BCUT2D eigenvalue weighted by atomic mass is 10.0. The van der Waals surface area contributed by atoms with Crippen LogP contribution < -0.4 is 19.5 Å². The van der Waals surface area contributed by atoms with Gasteiger partial charge in [0.2, 0.25) is 15.9 Å². The summed E-state index contributed by atoms with van der Waals surface area (Å²) >= 11 is 0. The molecule has 2 N–H and O–H groups in total. The summed E-state index contributed by atoms with van der Waals surface area (Å²) in [5, 5.41) is 2.79. The van der Waals surface area contributed by atoms with Crippen molar-refractivity contribution < 1.29 is 22.7 Å². The minimum atomic E-state index is -3.85. The summed E-state index contributed by atoms with van der Waals surface area (Å²) in [6.07, 6.45) is 0.570. The minimum Gasteiger partial charge on any atom is -0.493 e. The van der Waals surface area contributed by atoms with E-state index in [9.17, 15) is 13.2 Å². The number of hydrogen-bond acceptors (Lipinski definition) is 5. The molecule has 0 bridgehead atoms. The molecule has 1 amide bonds. The van der Waals surface area contributed by atoms with Gasteiger partial charge in [-0.25, -0.2) is 8.42 Å². The third-order valence-corrected chi connectivity index (χ3v) is 7.27. The van der Waals surface area contributed by atoms with E-state index >= 15 is 0 Å². The molecule has 2 aromatic rings. The first-order valence-electron chi connectivity index (χ1n) is 10.1. The van der Waals surface area contributed by atoms with E-state index in [2.05, 4.69) is 10.0 Å². The average molecular weight is 449 g/mol. The van der Waals surface area contributed by atoms with Crippen molar-refractivity contribution in [1.82, 2.24) is 10.0 Å². The molecule has 31 heavy (non-hydrogen) atoms. The molecule has 8 heteroatoms. The Bertz CT molecular complexity index is 1040. The number of ether oxygens (including phenoxy) is 2. The molecule has 0 unspecified atom stereocenters. The molecule has 1 atom stereocenters. The van der Waals surface area contributed by atoms with Crippen LogP contribution in [0.2, 0.25) is 0 Å². The van der Waals surface area contributed by atoms with Gasteiger partial charge >= 0.3 is 0 Å². The SMILES string of the molecule is COc1ccc(CCNC(=O)[C@H](C)NS(=O)(=O)c2c(C)c(C)cc(C)c2C)cc1OC. The van der Waals surface area contributed by atoms with E-state index in [4.69, 9.17) is 9.47 Å². The van der Waals surface area contributed by atoms with Gasteiger partial charge in [-0.1, -0.05) is 12.1 Å². The van der Waals surface area contributed by atoms with Gasteiger partial charge in [0.1, 0.15) is 0 Å². The van der Waals surface area contributed by atoms with Crippen molar-refractivity contribution in [2.45, 2.75) is 52.0 Å². The Morgan fingerprint density at radius 2 is 1.55 bits per heavy atom. The van der Waals surface area contributed by atoms with Crippen molar-refractivity contribution in [3.05, 3.63) is 52.1 Å². The van der Waals surface area contributed by atoms with Gasteiger partial charge in [-0.05, 0) is 81.0 Å². The number of benzene rings is 2. The summed E-state index contributed by atoms with van der Waals surface area (Å²) in [6.45, 7) is 9.23. The van der Waals surface area contributed by atoms with E-state index in [0.717, 1.165) is 16.7 Å². The topological polar surface area (TPSA) is 93.7 Å². The molecule has 7 nitrogen and oxygen atoms in total. The lowest BCUT2D eigenvalue weighted by Gasteiger charge is -2.19. The van der Waals surface area contributed by atoms with Crippen LogP contribution in [0.5, 0.6) is 11.5 Å². The summed E-state index contributed by atoms with van der Waals surface area (Å²) in [4.78, 5) is 12.7. The fourth-order valence-electron chi connectivity index (χ4n) is 3.45. The van der Waals surface area contributed by atoms with Crippen LogP contribution in [0.4, 0.5) is 0 Å². The second-order valence-corrected chi connectivity index (χ2v) is 9.31. The Kier molecular flexibility index (Phi) is 8.08. The van der Waals surface area contributed by atoms with Crippen LogP contribution in [0.25, 0.3) is 0 Å². The predicted octanol–water partition coefficient (Wildman–Crippen LogP) is 2.96. The monoisotopic (exact) mass is 448 g/mol. The van der Waals surface area contributed by atoms with Crippen molar-refractivity contribution in [1.29, 1.82) is 0 Å². The molecule has 0 fully saturated rings. The van der Waals surface area contributed by atoms with Gasteiger partial charge in [0.15, 0.2) is 11.5 Å². The number of amides is 1. The van der Waals surface area contributed by atoms with Crippen LogP contribution in [-0.4, -0.2) is 41.1 Å². The maximum atomic E-state index is 13.0. The summed E-state index contributed by atoms with van der Waals surface area (Å²) in [5.41, 5.74) is 4.15. The summed E-state index contributed by atoms with van der Waals surface area (Å²) < 4.78 is 39.0. The highest BCUT2D eigenvalue weighted by Crippen LogP contribution is 2.28. The highest BCUT2D eigenvalue weighted by molar-refractivity contribution is 7.89. The van der Waals surface area contributed by atoms with Crippen LogP contribution in [0.1, 0.15) is 34.7 Å². The molecule has 2 aromatic carbocycles. The van der Waals surface area contributed by atoms with E-state index in [1.165, 1.54) is 6.92 Å². The molecule has 0 spiro atoms. The van der Waals surface area contributed by atoms with E-state index in [0.29, 0.717) is 35.6 Å². The highest BCUT2D eigenvalue weighted by Gasteiger charge is 2.26. The Labute approximate surface area is 185 Å². The average Bonchev–Trinajstić information content (AvgIpc) is 2.71. The number of methoxy groups -OCH3 is 2. The third-order valence-electron chi connectivity index (χ3n) is 5.45. The van der Waals surface area contributed by atoms with Crippen molar-refractivity contribution in [3.8, 4) is 11.5 Å². The summed E-state index contributed by atoms with van der Waals surface area (Å²) in [7, 11) is -0.710. The first kappa shape index (κ1) is 24.7. The molecular formula is C23H32N2O5S. The number of aryl methyl sites for hydroxylation is 2. The second-order valence-electron chi connectivity index (χ2n) is 7.66. The number of rotatable bonds is 9. The molecule has 0 aromatic heterocycles. The Balaban J connectivity index is 2.03. The van der Waals surface area contributed by atoms with Gasteiger partial charge in [-0.2, -0.15) is 4.72 Å². The number of sulfonamides is 1. The standard InChI is InChI=1S/C23H32N2O5S/c1-14-12-15(2)17(4)22(16(14)3)31(27,28)25-18(5)23(26)24-11-10-19-8-9-20(29-6)21(13-19)30-7/h8-9,12-13,18,25H,10-11H2,1-7H3,(H,24,26)/t18-/m0/s1. The minimum absolute atomic E-state index is 0.245. The fraction of sp³-hybridized carbons (Fsp3) is 0.435. The van der Waals surface area contributed by atoms with E-state index in [-0.39, 0.29) is 10.8 Å². The number of carbonyl (C=O) groups excluding carboxylic acids is 1. The van der Waals surface area contributed by atoms with Crippen molar-refractivity contribution in [3.63, 3.8) is 0 Å². The maximum absolute atomic E-state index is 13.0. The first-order chi connectivity index (χ1) is 14.5. The van der Waals surface area contributed by atoms with Crippen LogP contribution in [0.15, 0.2) is 29.2 Å². The van der Waals surface area contributed by atoms with Gasteiger partial charge in [0.25, 0.3) is 0 Å². The summed E-state index contributed by atoms with van der Waals surface area (Å²) in [6, 6.07) is 6.61. The zero-order chi connectivity index (χ0) is 23.3. The lowest BCUT2D eigenvalue weighted by Crippen LogP contribution is -2.45. The molecule has 0 radical (unpaired) electrons. The molecular weight excluding hydrogens is 416 g/mol. The Hall–Kier alpha value is -2.58. The number of carbonyl (C=O) groups is 1. The number of nitrogens with one attached hydrogen (secondary N) is 2. The molecule has 0 aliphatic heterocycles. The van der Waals surface area contributed by atoms with E-state index in [1.807, 2.05) is 32.0 Å². The molecule has 2 rings (SSSR count). The zero-order valence-corrected chi connectivity index (χ0v) is 20.1. The zero-order valence-electron chi connectivity index (χ0n) is 19.3. The van der Waals surface area contributed by atoms with Crippen molar-refractivity contribution in [2.24, 2.45) is 0 Å². The van der Waals surface area contributed by atoms with Crippen LogP contribution in [0.3, 0.4) is 0 Å². The second kappa shape index (κ2) is 10.2. The van der Waals surface area contributed by atoms with Crippen molar-refractivity contribution in [2.75, 3.05) is 20.8 Å². The highest BCUT2D eigenvalue weighted by atomic mass is 32.2. The van der Waals surface area contributed by atoms with Gasteiger partial charge < -0.3 is 14.8 Å². The van der Waals surface area contributed by atoms with E-state index < -0.39 is 16.1 Å². The molecule has 0 saturated heterocycles. The predicted molar refractivity (Wildman–Crippen MR) is 121 cm³/mol. The Morgan fingerprint density at radius 3 is 2.10 bits per heavy atom. The van der Waals surface area contributed by atoms with Gasteiger partial charge in [-0.15, -0.1) is 0 Å². The van der Waals surface area contributed by atoms with Gasteiger partial charge in [-0.3, -0.25) is 4.79 Å². The fourth-order valence-corrected chi connectivity index (χ4v) is 5.27. The first-order valence-corrected chi connectivity index (χ1v) is 11.6. The van der Waals surface area contributed by atoms with E-state index in [1.54, 1.807) is 34.1 Å². The number of hydrogen-bond donors (Lipinski definition) is 2. The maximum Gasteiger partial charge on any atom is 0.241 e. The largest absolute Gasteiger partial charge is 0.493 e. The smallest absolute Gasteiger partial charge is 0.241 e. The van der Waals surface area contributed by atoms with Crippen LogP contribution in [0, 0.1) is 27.7 Å². The lowest BCUT2D eigenvalue weighted by molar-refractivity contribution is -0.122.